The lowest BCUT2D eigenvalue weighted by Crippen LogP contribution is -2.31. The van der Waals surface area contributed by atoms with Crippen LogP contribution >= 0.6 is 0 Å². The number of nitrogens with one attached hydrogen (secondary N) is 1. The molecule has 0 heterocycles. The maximum absolute atomic E-state index is 11.8. The summed E-state index contributed by atoms with van der Waals surface area (Å²) in [7, 11) is 1.73. The van der Waals surface area contributed by atoms with Crippen LogP contribution in [-0.2, 0) is 9.59 Å². The molecule has 1 amide bonds. The van der Waals surface area contributed by atoms with E-state index in [1.54, 1.807) is 11.9 Å². The molecule has 0 aliphatic carbocycles. The van der Waals surface area contributed by atoms with Crippen molar-refractivity contribution in [2.75, 3.05) is 25.5 Å². The number of carbonyl (C=O) groups is 2. The molecule has 1 rings (SSSR count). The fourth-order valence-electron chi connectivity index (χ4n) is 1.75. The van der Waals surface area contributed by atoms with Crippen LogP contribution in [0.4, 0.5) is 5.69 Å². The Labute approximate surface area is 113 Å². The molecule has 0 spiro atoms. The molecule has 104 valence electrons. The van der Waals surface area contributed by atoms with Crippen LogP contribution in [0.25, 0.3) is 0 Å². The molecule has 0 radical (unpaired) electrons. The van der Waals surface area contributed by atoms with Crippen molar-refractivity contribution in [3.05, 3.63) is 29.3 Å². The number of aliphatic carboxylic acids is 1. The fourth-order valence-corrected chi connectivity index (χ4v) is 1.75. The smallest absolute Gasteiger partial charge is 0.304 e. The van der Waals surface area contributed by atoms with Gasteiger partial charge in [-0.25, -0.2) is 0 Å². The van der Waals surface area contributed by atoms with Gasteiger partial charge in [-0.2, -0.15) is 0 Å². The molecule has 0 saturated carbocycles. The Balaban J connectivity index is 2.48. The van der Waals surface area contributed by atoms with Crippen molar-refractivity contribution in [2.45, 2.75) is 20.3 Å². The molecule has 0 atom stereocenters. The third-order valence-electron chi connectivity index (χ3n) is 2.78. The van der Waals surface area contributed by atoms with Crippen LogP contribution in [-0.4, -0.2) is 42.0 Å². The highest BCUT2D eigenvalue weighted by atomic mass is 16.4. The number of carbonyl (C=O) groups excluding carboxylic acids is 1. The highest BCUT2D eigenvalue weighted by Gasteiger charge is 2.09. The van der Waals surface area contributed by atoms with Crippen LogP contribution in [0.2, 0.25) is 0 Å². The van der Waals surface area contributed by atoms with Gasteiger partial charge >= 0.3 is 5.97 Å². The van der Waals surface area contributed by atoms with E-state index in [0.717, 1.165) is 16.8 Å². The maximum atomic E-state index is 11.8. The quantitative estimate of drug-likeness (QED) is 0.819. The van der Waals surface area contributed by atoms with Crippen LogP contribution in [0.15, 0.2) is 18.2 Å². The molecule has 5 nitrogen and oxygen atoms in total. The standard InChI is InChI=1S/C14H20N2O3/c1-10-4-5-12(11(2)8-10)15-13(17)9-16(3)7-6-14(18)19/h4-5,8H,6-7,9H2,1-3H3,(H,15,17)(H,18,19). The third kappa shape index (κ3) is 5.52. The van der Waals surface area contributed by atoms with E-state index in [4.69, 9.17) is 5.11 Å². The minimum atomic E-state index is -0.860. The number of aryl methyl sites for hydroxylation is 2. The molecule has 0 fully saturated rings. The summed E-state index contributed by atoms with van der Waals surface area (Å²) < 4.78 is 0. The average Bonchev–Trinajstić information content (AvgIpc) is 2.30. The molecule has 0 aliphatic rings. The number of hydrogen-bond donors (Lipinski definition) is 2. The monoisotopic (exact) mass is 264 g/mol. The number of likely N-dealkylation sites (N-methyl/N-ethyl adjacent to an activating group) is 1. The van der Waals surface area contributed by atoms with Gasteiger partial charge in [0.15, 0.2) is 0 Å². The first-order valence-electron chi connectivity index (χ1n) is 6.16. The molecule has 0 saturated heterocycles. The van der Waals surface area contributed by atoms with E-state index in [0.29, 0.717) is 6.54 Å². The summed E-state index contributed by atoms with van der Waals surface area (Å²) in [5.74, 6) is -0.999. The van der Waals surface area contributed by atoms with Crippen molar-refractivity contribution in [3.8, 4) is 0 Å². The lowest BCUT2D eigenvalue weighted by atomic mass is 10.1. The summed E-state index contributed by atoms with van der Waals surface area (Å²) in [6.45, 7) is 4.48. The van der Waals surface area contributed by atoms with Gasteiger partial charge in [0.2, 0.25) is 5.91 Å². The Hall–Kier alpha value is -1.88. The van der Waals surface area contributed by atoms with Gasteiger partial charge in [0.25, 0.3) is 0 Å². The second kappa shape index (κ2) is 6.89. The molecule has 1 aromatic carbocycles. The maximum Gasteiger partial charge on any atom is 0.304 e. The highest BCUT2D eigenvalue weighted by molar-refractivity contribution is 5.93. The largest absolute Gasteiger partial charge is 0.481 e. The van der Waals surface area contributed by atoms with E-state index in [9.17, 15) is 9.59 Å². The van der Waals surface area contributed by atoms with Crippen molar-refractivity contribution >= 4 is 17.6 Å². The molecule has 0 aliphatic heterocycles. The van der Waals surface area contributed by atoms with E-state index in [-0.39, 0.29) is 18.9 Å². The van der Waals surface area contributed by atoms with Gasteiger partial charge in [-0.05, 0) is 32.5 Å². The molecule has 0 aromatic heterocycles. The molecule has 19 heavy (non-hydrogen) atoms. The van der Waals surface area contributed by atoms with Gasteiger partial charge in [-0.1, -0.05) is 17.7 Å². The zero-order chi connectivity index (χ0) is 14.4. The van der Waals surface area contributed by atoms with Gasteiger partial charge in [0, 0.05) is 12.2 Å². The van der Waals surface area contributed by atoms with E-state index < -0.39 is 5.97 Å². The first kappa shape index (κ1) is 15.2. The molecule has 1 aromatic rings. The molecule has 0 unspecified atom stereocenters. The molecule has 2 N–H and O–H groups in total. The van der Waals surface area contributed by atoms with E-state index >= 15 is 0 Å². The topological polar surface area (TPSA) is 69.6 Å². The number of carboxylic acids is 1. The molecule has 0 bridgehead atoms. The van der Waals surface area contributed by atoms with E-state index in [2.05, 4.69) is 5.32 Å². The van der Waals surface area contributed by atoms with Gasteiger partial charge in [-0.15, -0.1) is 0 Å². The van der Waals surface area contributed by atoms with Crippen LogP contribution in [0, 0.1) is 13.8 Å². The third-order valence-corrected chi connectivity index (χ3v) is 2.78. The number of nitrogens with zero attached hydrogens (tertiary/aromatic N) is 1. The summed E-state index contributed by atoms with van der Waals surface area (Å²) in [6, 6.07) is 5.82. The van der Waals surface area contributed by atoms with Gasteiger partial charge in [0.1, 0.15) is 0 Å². The summed E-state index contributed by atoms with van der Waals surface area (Å²) in [6.07, 6.45) is 0.0351. The number of anilines is 1. The van der Waals surface area contributed by atoms with Crippen molar-refractivity contribution < 1.29 is 14.7 Å². The Bertz CT molecular complexity index is 472. The van der Waals surface area contributed by atoms with Crippen LogP contribution in [0.3, 0.4) is 0 Å². The second-order valence-electron chi connectivity index (χ2n) is 4.75. The number of amides is 1. The molecule has 5 heteroatoms. The fraction of sp³-hybridized carbons (Fsp3) is 0.429. The first-order valence-corrected chi connectivity index (χ1v) is 6.16. The Morgan fingerprint density at radius 1 is 1.32 bits per heavy atom. The van der Waals surface area contributed by atoms with Crippen LogP contribution < -0.4 is 5.32 Å². The van der Waals surface area contributed by atoms with Crippen molar-refractivity contribution in [3.63, 3.8) is 0 Å². The van der Waals surface area contributed by atoms with Gasteiger partial charge < -0.3 is 10.4 Å². The Morgan fingerprint density at radius 3 is 2.58 bits per heavy atom. The Kier molecular flexibility index (Phi) is 5.51. The summed E-state index contributed by atoms with van der Waals surface area (Å²) in [5, 5.41) is 11.4. The Morgan fingerprint density at radius 2 is 2.00 bits per heavy atom. The number of carboxylic acid groups (broad SMARTS) is 1. The highest BCUT2D eigenvalue weighted by Crippen LogP contribution is 2.15. The zero-order valence-electron chi connectivity index (χ0n) is 11.6. The summed E-state index contributed by atoms with van der Waals surface area (Å²) >= 11 is 0. The second-order valence-corrected chi connectivity index (χ2v) is 4.75. The van der Waals surface area contributed by atoms with E-state index in [1.165, 1.54) is 0 Å². The zero-order valence-corrected chi connectivity index (χ0v) is 11.6. The predicted molar refractivity (Wildman–Crippen MR) is 74.3 cm³/mol. The number of hydrogen-bond acceptors (Lipinski definition) is 3. The minimum Gasteiger partial charge on any atom is -0.481 e. The van der Waals surface area contributed by atoms with Gasteiger partial charge in [-0.3, -0.25) is 14.5 Å². The normalized spacial score (nSPS) is 10.5. The van der Waals surface area contributed by atoms with Crippen LogP contribution in [0.5, 0.6) is 0 Å². The van der Waals surface area contributed by atoms with Crippen LogP contribution in [0.1, 0.15) is 17.5 Å². The van der Waals surface area contributed by atoms with Gasteiger partial charge in [0.05, 0.1) is 13.0 Å². The average molecular weight is 264 g/mol. The lowest BCUT2D eigenvalue weighted by Gasteiger charge is -2.16. The van der Waals surface area contributed by atoms with Crippen molar-refractivity contribution in [2.24, 2.45) is 0 Å². The first-order chi connectivity index (χ1) is 8.88. The van der Waals surface area contributed by atoms with Crippen molar-refractivity contribution in [1.82, 2.24) is 4.90 Å². The minimum absolute atomic E-state index is 0.0351. The van der Waals surface area contributed by atoms with E-state index in [1.807, 2.05) is 32.0 Å². The predicted octanol–water partition coefficient (Wildman–Crippen LogP) is 1.65. The SMILES string of the molecule is Cc1ccc(NC(=O)CN(C)CCC(=O)O)c(C)c1. The summed E-state index contributed by atoms with van der Waals surface area (Å²) in [5.41, 5.74) is 2.96. The molecular formula is C14H20N2O3. The summed E-state index contributed by atoms with van der Waals surface area (Å²) in [4.78, 5) is 23.9. The van der Waals surface area contributed by atoms with Crippen molar-refractivity contribution in [1.29, 1.82) is 0 Å². The lowest BCUT2D eigenvalue weighted by molar-refractivity contribution is -0.137. The number of rotatable bonds is 6. The molecular weight excluding hydrogens is 244 g/mol. The number of benzene rings is 1.